The number of rotatable bonds is 6. The van der Waals surface area contributed by atoms with E-state index < -0.39 is 0 Å². The van der Waals surface area contributed by atoms with Crippen molar-refractivity contribution in [2.45, 2.75) is 13.0 Å². The van der Waals surface area contributed by atoms with Gasteiger partial charge in [-0.25, -0.2) is 0 Å². The van der Waals surface area contributed by atoms with E-state index in [-0.39, 0.29) is 12.5 Å². The van der Waals surface area contributed by atoms with Gasteiger partial charge in [-0.1, -0.05) is 36.1 Å². The van der Waals surface area contributed by atoms with E-state index in [4.69, 9.17) is 9.47 Å². The third-order valence-electron chi connectivity index (χ3n) is 5.48. The molecule has 1 amide bonds. The number of aromatic nitrogens is 2. The number of benzene rings is 2. The van der Waals surface area contributed by atoms with Gasteiger partial charge in [0.05, 0.1) is 33.0 Å². The van der Waals surface area contributed by atoms with Crippen LogP contribution in [0.1, 0.15) is 21.6 Å². The normalized spacial score (nSPS) is 12.9. The summed E-state index contributed by atoms with van der Waals surface area (Å²) in [6.07, 6.45) is 1.05. The van der Waals surface area contributed by atoms with Gasteiger partial charge < -0.3 is 14.8 Å². The number of methoxy groups -OCH3 is 2. The maximum atomic E-state index is 12.5. The van der Waals surface area contributed by atoms with Gasteiger partial charge in [-0.15, -0.1) is 0 Å². The van der Waals surface area contributed by atoms with Gasteiger partial charge in [0, 0.05) is 18.7 Å². The second kappa shape index (κ2) is 10.0. The molecule has 1 aromatic heterocycles. The van der Waals surface area contributed by atoms with E-state index in [9.17, 15) is 4.79 Å². The van der Waals surface area contributed by atoms with Crippen LogP contribution >= 0.6 is 0 Å². The molecule has 2 aromatic carbocycles. The number of ether oxygens (including phenoxy) is 2. The van der Waals surface area contributed by atoms with Crippen LogP contribution in [-0.2, 0) is 13.0 Å². The van der Waals surface area contributed by atoms with E-state index in [0.717, 1.165) is 25.1 Å². The summed E-state index contributed by atoms with van der Waals surface area (Å²) in [5, 5.41) is 9.84. The minimum absolute atomic E-state index is 0.258. The summed E-state index contributed by atoms with van der Waals surface area (Å²) in [5.74, 6) is 7.26. The molecule has 0 unspecified atom stereocenters. The first-order valence-corrected chi connectivity index (χ1v) is 10.5. The Balaban J connectivity index is 1.30. The topological polar surface area (TPSA) is 79.5 Å². The standard InChI is InChI=1S/C25H26N4O3/c1-31-20-9-10-24(32-2)21(15-20)22-16-23(28-27-22)25(30)26-12-5-6-13-29-14-11-18-7-3-4-8-19(18)17-29/h3-4,7-10,15-16H,11-14,17H2,1-2H3,(H,26,30)(H,27,28). The lowest BCUT2D eigenvalue weighted by molar-refractivity contribution is 0.0953. The molecule has 0 saturated carbocycles. The summed E-state index contributed by atoms with van der Waals surface area (Å²) in [4.78, 5) is 14.8. The van der Waals surface area contributed by atoms with Crippen LogP contribution in [0.2, 0.25) is 0 Å². The number of fused-ring (bicyclic) bond motifs is 1. The maximum Gasteiger partial charge on any atom is 0.270 e. The minimum atomic E-state index is -0.258. The van der Waals surface area contributed by atoms with Crippen LogP contribution in [0.15, 0.2) is 48.5 Å². The quantitative estimate of drug-likeness (QED) is 0.588. The molecule has 0 radical (unpaired) electrons. The highest BCUT2D eigenvalue weighted by Crippen LogP contribution is 2.32. The van der Waals surface area contributed by atoms with E-state index in [1.165, 1.54) is 11.1 Å². The van der Waals surface area contributed by atoms with E-state index in [2.05, 4.69) is 56.5 Å². The number of carbonyl (C=O) groups excluding carboxylic acids is 1. The summed E-state index contributed by atoms with van der Waals surface area (Å²) in [6, 6.07) is 15.7. The predicted molar refractivity (Wildman–Crippen MR) is 123 cm³/mol. The monoisotopic (exact) mass is 430 g/mol. The first-order valence-electron chi connectivity index (χ1n) is 10.5. The van der Waals surface area contributed by atoms with Crippen LogP contribution in [0, 0.1) is 11.8 Å². The van der Waals surface area contributed by atoms with Crippen LogP contribution in [0.4, 0.5) is 0 Å². The van der Waals surface area contributed by atoms with Crippen molar-refractivity contribution in [2.24, 2.45) is 0 Å². The third-order valence-corrected chi connectivity index (χ3v) is 5.48. The van der Waals surface area contributed by atoms with Gasteiger partial charge in [-0.2, -0.15) is 5.10 Å². The minimum Gasteiger partial charge on any atom is -0.497 e. The number of amides is 1. The van der Waals surface area contributed by atoms with Gasteiger partial charge in [-0.05, 0) is 41.8 Å². The molecule has 2 heterocycles. The smallest absolute Gasteiger partial charge is 0.270 e. The predicted octanol–water partition coefficient (Wildman–Crippen LogP) is 2.89. The van der Waals surface area contributed by atoms with Crippen molar-refractivity contribution in [1.29, 1.82) is 0 Å². The van der Waals surface area contributed by atoms with Crippen molar-refractivity contribution < 1.29 is 14.3 Å². The molecular weight excluding hydrogens is 404 g/mol. The number of carbonyl (C=O) groups is 1. The number of aromatic amines is 1. The summed E-state index contributed by atoms with van der Waals surface area (Å²) >= 11 is 0. The van der Waals surface area contributed by atoms with E-state index in [1.807, 2.05) is 12.1 Å². The Kier molecular flexibility index (Phi) is 6.73. The van der Waals surface area contributed by atoms with Gasteiger partial charge in [0.2, 0.25) is 0 Å². The zero-order valence-electron chi connectivity index (χ0n) is 18.3. The lowest BCUT2D eigenvalue weighted by atomic mass is 10.0. The second-order valence-electron chi connectivity index (χ2n) is 7.50. The van der Waals surface area contributed by atoms with Crippen molar-refractivity contribution in [3.8, 4) is 34.6 Å². The molecule has 7 nitrogen and oxygen atoms in total. The Labute approximate surface area is 187 Å². The molecule has 3 aromatic rings. The largest absolute Gasteiger partial charge is 0.497 e. The molecule has 0 aliphatic carbocycles. The molecule has 4 rings (SSSR count). The van der Waals surface area contributed by atoms with Crippen molar-refractivity contribution in [3.63, 3.8) is 0 Å². The van der Waals surface area contributed by atoms with E-state index >= 15 is 0 Å². The van der Waals surface area contributed by atoms with Crippen molar-refractivity contribution >= 4 is 5.91 Å². The lowest BCUT2D eigenvalue weighted by Crippen LogP contribution is -2.31. The molecule has 0 fully saturated rings. The van der Waals surface area contributed by atoms with Crippen LogP contribution in [0.5, 0.6) is 11.5 Å². The molecule has 7 heteroatoms. The Morgan fingerprint density at radius 3 is 2.78 bits per heavy atom. The molecule has 0 bridgehead atoms. The molecule has 1 aliphatic heterocycles. The highest BCUT2D eigenvalue weighted by molar-refractivity contribution is 5.93. The Morgan fingerprint density at radius 1 is 1.12 bits per heavy atom. The fourth-order valence-corrected chi connectivity index (χ4v) is 3.73. The molecule has 0 saturated heterocycles. The molecular formula is C25H26N4O3. The van der Waals surface area contributed by atoms with Crippen molar-refractivity contribution in [2.75, 3.05) is 33.9 Å². The molecule has 2 N–H and O–H groups in total. The van der Waals surface area contributed by atoms with Crippen LogP contribution in [0.25, 0.3) is 11.3 Å². The molecule has 0 spiro atoms. The summed E-state index contributed by atoms with van der Waals surface area (Å²) in [6.45, 7) is 2.89. The first kappa shape index (κ1) is 21.5. The van der Waals surface area contributed by atoms with Gasteiger partial charge in [-0.3, -0.25) is 14.8 Å². The van der Waals surface area contributed by atoms with Crippen molar-refractivity contribution in [3.05, 3.63) is 65.4 Å². The van der Waals surface area contributed by atoms with Crippen LogP contribution < -0.4 is 14.8 Å². The fraction of sp³-hybridized carbons (Fsp3) is 0.280. The van der Waals surface area contributed by atoms with Gasteiger partial charge in [0.1, 0.15) is 17.2 Å². The molecule has 0 atom stereocenters. The number of hydrogen-bond acceptors (Lipinski definition) is 5. The van der Waals surface area contributed by atoms with Crippen molar-refractivity contribution in [1.82, 2.24) is 20.4 Å². The zero-order chi connectivity index (χ0) is 22.3. The SMILES string of the molecule is COc1ccc(OC)c(-c2cc(C(=O)NCC#CCN3CCc4ccccc4C3)[nH]n2)c1. The average molecular weight is 431 g/mol. The Hall–Kier alpha value is -3.76. The van der Waals surface area contributed by atoms with E-state index in [0.29, 0.717) is 29.4 Å². The number of H-pyrrole nitrogens is 1. The van der Waals surface area contributed by atoms with E-state index in [1.54, 1.807) is 26.4 Å². The molecule has 1 aliphatic rings. The maximum absolute atomic E-state index is 12.5. The van der Waals surface area contributed by atoms with Gasteiger partial charge in [0.15, 0.2) is 0 Å². The lowest BCUT2D eigenvalue weighted by Gasteiger charge is -2.26. The third kappa shape index (κ3) is 4.93. The Bertz CT molecular complexity index is 1160. The summed E-state index contributed by atoms with van der Waals surface area (Å²) in [5.41, 5.74) is 4.50. The van der Waals surface area contributed by atoms with Gasteiger partial charge >= 0.3 is 0 Å². The molecule has 32 heavy (non-hydrogen) atoms. The summed E-state index contributed by atoms with van der Waals surface area (Å²) in [7, 11) is 3.19. The second-order valence-corrected chi connectivity index (χ2v) is 7.50. The number of hydrogen-bond donors (Lipinski definition) is 2. The summed E-state index contributed by atoms with van der Waals surface area (Å²) < 4.78 is 10.7. The Morgan fingerprint density at radius 2 is 1.97 bits per heavy atom. The van der Waals surface area contributed by atoms with Crippen LogP contribution in [0.3, 0.4) is 0 Å². The number of nitrogens with one attached hydrogen (secondary N) is 2. The average Bonchev–Trinajstić information content (AvgIpc) is 3.33. The first-order chi connectivity index (χ1) is 15.7. The highest BCUT2D eigenvalue weighted by Gasteiger charge is 2.15. The molecule has 164 valence electrons. The van der Waals surface area contributed by atoms with Gasteiger partial charge in [0.25, 0.3) is 5.91 Å². The zero-order valence-corrected chi connectivity index (χ0v) is 18.3. The van der Waals surface area contributed by atoms with Crippen LogP contribution in [-0.4, -0.2) is 54.9 Å². The fourth-order valence-electron chi connectivity index (χ4n) is 3.73. The highest BCUT2D eigenvalue weighted by atomic mass is 16.5. The number of nitrogens with zero attached hydrogens (tertiary/aromatic N) is 2.